The zero-order valence-corrected chi connectivity index (χ0v) is 12.8. The summed E-state index contributed by atoms with van der Waals surface area (Å²) in [5.74, 6) is -0.346. The third-order valence-electron chi connectivity index (χ3n) is 2.75. The lowest BCUT2D eigenvalue weighted by molar-refractivity contribution is -0.119. The Hall–Kier alpha value is -1.60. The first-order chi connectivity index (χ1) is 9.27. The normalized spacial score (nSPS) is 11.3. The molecule has 1 aromatic rings. The second-order valence-corrected chi connectivity index (χ2v) is 6.36. The van der Waals surface area contributed by atoms with Crippen molar-refractivity contribution in [2.45, 2.75) is 32.1 Å². The Morgan fingerprint density at radius 3 is 2.30 bits per heavy atom. The summed E-state index contributed by atoms with van der Waals surface area (Å²) in [4.78, 5) is 11.6. The van der Waals surface area contributed by atoms with Crippen LogP contribution in [0.5, 0.6) is 0 Å². The number of aryl methyl sites for hydroxylation is 2. The molecule has 6 nitrogen and oxygen atoms in total. The quantitative estimate of drug-likeness (QED) is 0.673. The van der Waals surface area contributed by atoms with Crippen molar-refractivity contribution in [3.05, 3.63) is 23.3 Å². The van der Waals surface area contributed by atoms with Crippen LogP contribution in [0.2, 0.25) is 0 Å². The number of nitrogens with two attached hydrogens (primary N) is 1. The van der Waals surface area contributed by atoms with Gasteiger partial charge in [0.05, 0.1) is 11.4 Å². The van der Waals surface area contributed by atoms with Gasteiger partial charge in [0.15, 0.2) is 0 Å². The first-order valence-corrected chi connectivity index (χ1v) is 7.89. The summed E-state index contributed by atoms with van der Waals surface area (Å²) in [6, 6.07) is 3.19. The highest BCUT2D eigenvalue weighted by atomic mass is 32.2. The molecular formula is C13H21N3O3S. The maximum Gasteiger partial charge on any atom is 0.241 e. The van der Waals surface area contributed by atoms with Crippen LogP contribution in [0.3, 0.4) is 0 Å². The molecule has 0 heterocycles. The molecule has 0 aliphatic carbocycles. The van der Waals surface area contributed by atoms with Gasteiger partial charge in [-0.15, -0.1) is 0 Å². The number of carbonyl (C=O) groups excluding carboxylic acids is 1. The highest BCUT2D eigenvalue weighted by Crippen LogP contribution is 2.22. The van der Waals surface area contributed by atoms with Crippen molar-refractivity contribution < 1.29 is 13.2 Å². The number of benzene rings is 1. The average Bonchev–Trinajstić information content (AvgIpc) is 2.32. The number of hydrogen-bond acceptors (Lipinski definition) is 4. The summed E-state index contributed by atoms with van der Waals surface area (Å²) >= 11 is 0. The molecule has 1 amide bonds. The molecule has 7 heteroatoms. The van der Waals surface area contributed by atoms with E-state index in [4.69, 9.17) is 5.73 Å². The Kier molecular flexibility index (Phi) is 5.52. The second-order valence-electron chi connectivity index (χ2n) is 4.66. The fourth-order valence-corrected chi connectivity index (χ4v) is 3.40. The van der Waals surface area contributed by atoms with Gasteiger partial charge in [-0.1, -0.05) is 6.92 Å². The highest BCUT2D eigenvalue weighted by molar-refractivity contribution is 7.89. The number of amides is 1. The highest BCUT2D eigenvalue weighted by Gasteiger charge is 2.20. The maximum atomic E-state index is 12.2. The molecule has 0 spiro atoms. The Labute approximate surface area is 119 Å². The maximum absolute atomic E-state index is 12.2. The smallest absolute Gasteiger partial charge is 0.241 e. The molecule has 4 N–H and O–H groups in total. The van der Waals surface area contributed by atoms with Gasteiger partial charge in [0.2, 0.25) is 15.9 Å². The van der Waals surface area contributed by atoms with E-state index in [1.54, 1.807) is 26.0 Å². The minimum absolute atomic E-state index is 0.176. The first-order valence-electron chi connectivity index (χ1n) is 6.41. The number of sulfonamides is 1. The largest absolute Gasteiger partial charge is 0.399 e. The third kappa shape index (κ3) is 4.21. The first kappa shape index (κ1) is 16.5. The Morgan fingerprint density at radius 1 is 1.25 bits per heavy atom. The van der Waals surface area contributed by atoms with Gasteiger partial charge < -0.3 is 11.1 Å². The van der Waals surface area contributed by atoms with Crippen molar-refractivity contribution in [1.29, 1.82) is 0 Å². The molecule has 0 aliphatic rings. The van der Waals surface area contributed by atoms with E-state index in [2.05, 4.69) is 10.0 Å². The summed E-state index contributed by atoms with van der Waals surface area (Å²) in [6.07, 6.45) is 0.800. The fourth-order valence-electron chi connectivity index (χ4n) is 1.97. The van der Waals surface area contributed by atoms with Crippen LogP contribution in [0.25, 0.3) is 0 Å². The van der Waals surface area contributed by atoms with Crippen molar-refractivity contribution in [3.8, 4) is 0 Å². The van der Waals surface area contributed by atoms with Gasteiger partial charge in [0.1, 0.15) is 0 Å². The summed E-state index contributed by atoms with van der Waals surface area (Å²) in [5.41, 5.74) is 7.30. The SMILES string of the molecule is CCCNC(=O)CNS(=O)(=O)c1c(C)cc(N)cc1C. The monoisotopic (exact) mass is 299 g/mol. The summed E-state index contributed by atoms with van der Waals surface area (Å²) in [7, 11) is -3.72. The molecule has 0 unspecified atom stereocenters. The predicted octanol–water partition coefficient (Wildman–Crippen LogP) is 0.690. The van der Waals surface area contributed by atoms with E-state index in [1.165, 1.54) is 0 Å². The van der Waals surface area contributed by atoms with Crippen molar-refractivity contribution >= 4 is 21.6 Å². The van der Waals surface area contributed by atoms with Crippen LogP contribution in [0.1, 0.15) is 24.5 Å². The fraction of sp³-hybridized carbons (Fsp3) is 0.462. The van der Waals surface area contributed by atoms with Crippen LogP contribution in [-0.4, -0.2) is 27.4 Å². The Bertz CT molecular complexity index is 574. The second kappa shape index (κ2) is 6.71. The van der Waals surface area contributed by atoms with E-state index in [0.717, 1.165) is 6.42 Å². The number of carbonyl (C=O) groups is 1. The van der Waals surface area contributed by atoms with E-state index in [-0.39, 0.29) is 17.3 Å². The van der Waals surface area contributed by atoms with E-state index in [9.17, 15) is 13.2 Å². The van der Waals surface area contributed by atoms with E-state index >= 15 is 0 Å². The van der Waals surface area contributed by atoms with Crippen LogP contribution in [-0.2, 0) is 14.8 Å². The molecule has 20 heavy (non-hydrogen) atoms. The number of hydrogen-bond donors (Lipinski definition) is 3. The number of anilines is 1. The van der Waals surface area contributed by atoms with E-state index in [1.807, 2.05) is 6.92 Å². The van der Waals surface area contributed by atoms with Crippen molar-refractivity contribution in [2.75, 3.05) is 18.8 Å². The summed E-state index contributed by atoms with van der Waals surface area (Å²) in [5, 5.41) is 2.61. The zero-order valence-electron chi connectivity index (χ0n) is 12.0. The number of nitrogen functional groups attached to an aromatic ring is 1. The number of rotatable bonds is 6. The van der Waals surface area contributed by atoms with Crippen LogP contribution in [0.15, 0.2) is 17.0 Å². The van der Waals surface area contributed by atoms with Crippen molar-refractivity contribution in [2.24, 2.45) is 0 Å². The van der Waals surface area contributed by atoms with Gasteiger partial charge in [0.25, 0.3) is 0 Å². The Morgan fingerprint density at radius 2 is 1.80 bits per heavy atom. The molecule has 0 aromatic heterocycles. The Balaban J connectivity index is 2.87. The van der Waals surface area contributed by atoms with Crippen LogP contribution >= 0.6 is 0 Å². The molecule has 0 saturated heterocycles. The molecule has 0 bridgehead atoms. The molecule has 0 fully saturated rings. The molecule has 0 aliphatic heterocycles. The van der Waals surface area contributed by atoms with Crippen molar-refractivity contribution in [3.63, 3.8) is 0 Å². The zero-order chi connectivity index (χ0) is 15.3. The summed E-state index contributed by atoms with van der Waals surface area (Å²) in [6.45, 7) is 5.53. The molecular weight excluding hydrogens is 278 g/mol. The molecule has 0 radical (unpaired) electrons. The van der Waals surface area contributed by atoms with Crippen LogP contribution < -0.4 is 15.8 Å². The van der Waals surface area contributed by atoms with Crippen LogP contribution in [0.4, 0.5) is 5.69 Å². The topological polar surface area (TPSA) is 101 Å². The average molecular weight is 299 g/mol. The lowest BCUT2D eigenvalue weighted by Crippen LogP contribution is -2.37. The van der Waals surface area contributed by atoms with E-state index < -0.39 is 10.0 Å². The minimum Gasteiger partial charge on any atom is -0.399 e. The van der Waals surface area contributed by atoms with Gasteiger partial charge in [-0.3, -0.25) is 4.79 Å². The minimum atomic E-state index is -3.72. The number of nitrogens with one attached hydrogen (secondary N) is 2. The van der Waals surface area contributed by atoms with Gasteiger partial charge in [-0.25, -0.2) is 13.1 Å². The van der Waals surface area contributed by atoms with Gasteiger partial charge >= 0.3 is 0 Å². The van der Waals surface area contributed by atoms with Crippen LogP contribution in [0, 0.1) is 13.8 Å². The lowest BCUT2D eigenvalue weighted by Gasteiger charge is -2.13. The van der Waals surface area contributed by atoms with Gasteiger partial charge in [-0.2, -0.15) is 0 Å². The third-order valence-corrected chi connectivity index (χ3v) is 4.45. The lowest BCUT2D eigenvalue weighted by atomic mass is 10.1. The molecule has 1 rings (SSSR count). The predicted molar refractivity (Wildman–Crippen MR) is 78.8 cm³/mol. The van der Waals surface area contributed by atoms with Crippen molar-refractivity contribution in [1.82, 2.24) is 10.0 Å². The molecule has 112 valence electrons. The summed E-state index contributed by atoms with van der Waals surface area (Å²) < 4.78 is 26.8. The molecule has 0 atom stereocenters. The standard InChI is InChI=1S/C13H21N3O3S/c1-4-5-15-12(17)8-16-20(18,19)13-9(2)6-11(14)7-10(13)3/h6-7,16H,4-5,8,14H2,1-3H3,(H,15,17). The van der Waals surface area contributed by atoms with Gasteiger partial charge in [0, 0.05) is 12.2 Å². The molecule has 0 saturated carbocycles. The molecule has 1 aromatic carbocycles. The van der Waals surface area contributed by atoms with Gasteiger partial charge in [-0.05, 0) is 43.5 Å². The van der Waals surface area contributed by atoms with E-state index in [0.29, 0.717) is 23.4 Å².